The fourth-order valence-corrected chi connectivity index (χ4v) is 1.08. The molecule has 2 N–H and O–H groups in total. The average molecular weight is 204 g/mol. The Morgan fingerprint density at radius 1 is 1.40 bits per heavy atom. The molecular formula is C11H12N2O2. The van der Waals surface area contributed by atoms with E-state index in [1.54, 1.807) is 31.3 Å². The molecule has 0 radical (unpaired) electrons. The monoisotopic (exact) mass is 204 g/mol. The van der Waals surface area contributed by atoms with Crippen LogP contribution in [0.5, 0.6) is 0 Å². The molecule has 1 aromatic rings. The maximum atomic E-state index is 11.3. The molecule has 0 fully saturated rings. The number of amides is 2. The van der Waals surface area contributed by atoms with Crippen molar-refractivity contribution in [2.45, 2.75) is 0 Å². The standard InChI is InChI=1S/C11H12N2O2/c1-3-10(14)13-9-6-4-5-8(7-9)11(15)12-2/h3-7H,1H2,2H3,(H,12,15)(H,13,14). The van der Waals surface area contributed by atoms with Crippen molar-refractivity contribution in [3.8, 4) is 0 Å². The van der Waals surface area contributed by atoms with E-state index in [0.29, 0.717) is 11.3 Å². The van der Waals surface area contributed by atoms with Gasteiger partial charge in [-0.2, -0.15) is 0 Å². The smallest absolute Gasteiger partial charge is 0.251 e. The van der Waals surface area contributed by atoms with Gasteiger partial charge in [0.25, 0.3) is 5.91 Å². The van der Waals surface area contributed by atoms with Gasteiger partial charge < -0.3 is 10.6 Å². The summed E-state index contributed by atoms with van der Waals surface area (Å²) in [6.45, 7) is 3.34. The average Bonchev–Trinajstić information content (AvgIpc) is 2.28. The zero-order valence-electron chi connectivity index (χ0n) is 8.41. The second kappa shape index (κ2) is 4.95. The lowest BCUT2D eigenvalue weighted by atomic mass is 10.2. The third kappa shape index (κ3) is 2.95. The largest absolute Gasteiger partial charge is 0.355 e. The maximum Gasteiger partial charge on any atom is 0.251 e. The Bertz CT molecular complexity index is 399. The van der Waals surface area contributed by atoms with Crippen LogP contribution in [0, 0.1) is 0 Å². The predicted molar refractivity (Wildman–Crippen MR) is 58.7 cm³/mol. The van der Waals surface area contributed by atoms with Crippen molar-refractivity contribution >= 4 is 17.5 Å². The summed E-state index contributed by atoms with van der Waals surface area (Å²) >= 11 is 0. The van der Waals surface area contributed by atoms with Crippen LogP contribution in [0.25, 0.3) is 0 Å². The summed E-state index contributed by atoms with van der Waals surface area (Å²) < 4.78 is 0. The van der Waals surface area contributed by atoms with E-state index in [9.17, 15) is 9.59 Å². The first-order chi connectivity index (χ1) is 7.17. The molecule has 0 aliphatic carbocycles. The molecule has 0 aliphatic rings. The summed E-state index contributed by atoms with van der Waals surface area (Å²) in [5.74, 6) is -0.492. The highest BCUT2D eigenvalue weighted by Gasteiger charge is 2.04. The van der Waals surface area contributed by atoms with Crippen molar-refractivity contribution < 1.29 is 9.59 Å². The molecule has 78 valence electrons. The first kappa shape index (κ1) is 11.0. The normalized spacial score (nSPS) is 9.13. The molecule has 4 nitrogen and oxygen atoms in total. The molecule has 1 aromatic carbocycles. The summed E-state index contributed by atoms with van der Waals surface area (Å²) in [4.78, 5) is 22.3. The van der Waals surface area contributed by atoms with Crippen molar-refractivity contribution in [1.29, 1.82) is 0 Å². The van der Waals surface area contributed by atoms with Gasteiger partial charge in [-0.15, -0.1) is 0 Å². The van der Waals surface area contributed by atoms with Gasteiger partial charge in [0.05, 0.1) is 0 Å². The Labute approximate surface area is 88.0 Å². The van der Waals surface area contributed by atoms with Crippen LogP contribution in [0.4, 0.5) is 5.69 Å². The highest BCUT2D eigenvalue weighted by atomic mass is 16.2. The minimum atomic E-state index is -0.302. The lowest BCUT2D eigenvalue weighted by Crippen LogP contribution is -2.18. The molecule has 0 atom stereocenters. The van der Waals surface area contributed by atoms with Gasteiger partial charge in [0.15, 0.2) is 0 Å². The van der Waals surface area contributed by atoms with Crippen molar-refractivity contribution in [2.75, 3.05) is 12.4 Å². The van der Waals surface area contributed by atoms with Crippen molar-refractivity contribution in [3.05, 3.63) is 42.5 Å². The molecule has 1 rings (SSSR count). The third-order valence-corrected chi connectivity index (χ3v) is 1.80. The van der Waals surface area contributed by atoms with Gasteiger partial charge in [0, 0.05) is 18.3 Å². The summed E-state index contributed by atoms with van der Waals surface area (Å²) in [7, 11) is 1.55. The molecule has 0 saturated carbocycles. The molecule has 0 aliphatic heterocycles. The Morgan fingerprint density at radius 3 is 2.73 bits per heavy atom. The molecule has 4 heteroatoms. The Kier molecular flexibility index (Phi) is 3.62. The number of rotatable bonds is 3. The zero-order chi connectivity index (χ0) is 11.3. The van der Waals surface area contributed by atoms with Gasteiger partial charge in [-0.25, -0.2) is 0 Å². The van der Waals surface area contributed by atoms with Crippen molar-refractivity contribution in [3.63, 3.8) is 0 Å². The van der Waals surface area contributed by atoms with Gasteiger partial charge in [0.2, 0.25) is 5.91 Å². The molecule has 0 bridgehead atoms. The number of hydrogen-bond acceptors (Lipinski definition) is 2. The van der Waals surface area contributed by atoms with Gasteiger partial charge in [-0.1, -0.05) is 12.6 Å². The number of anilines is 1. The quantitative estimate of drug-likeness (QED) is 0.726. The van der Waals surface area contributed by atoms with E-state index in [2.05, 4.69) is 17.2 Å². The highest BCUT2D eigenvalue weighted by Crippen LogP contribution is 2.10. The van der Waals surface area contributed by atoms with Crippen molar-refractivity contribution in [2.24, 2.45) is 0 Å². The van der Waals surface area contributed by atoms with Crippen LogP contribution in [0.3, 0.4) is 0 Å². The molecule has 0 spiro atoms. The summed E-state index contributed by atoms with van der Waals surface area (Å²) in [5.41, 5.74) is 1.07. The van der Waals surface area contributed by atoms with E-state index >= 15 is 0 Å². The van der Waals surface area contributed by atoms with Crippen molar-refractivity contribution in [1.82, 2.24) is 5.32 Å². The number of nitrogens with one attached hydrogen (secondary N) is 2. The number of benzene rings is 1. The lowest BCUT2D eigenvalue weighted by molar-refractivity contribution is -0.111. The fraction of sp³-hybridized carbons (Fsp3) is 0.0909. The molecule has 0 unspecified atom stereocenters. The Morgan fingerprint density at radius 2 is 2.13 bits per heavy atom. The highest BCUT2D eigenvalue weighted by molar-refractivity contribution is 6.00. The second-order valence-electron chi connectivity index (χ2n) is 2.85. The topological polar surface area (TPSA) is 58.2 Å². The predicted octanol–water partition coefficient (Wildman–Crippen LogP) is 1.17. The molecule has 0 saturated heterocycles. The van der Waals surface area contributed by atoms with Gasteiger partial charge in [0.1, 0.15) is 0 Å². The fourth-order valence-electron chi connectivity index (χ4n) is 1.08. The van der Waals surface area contributed by atoms with Crippen LogP contribution >= 0.6 is 0 Å². The zero-order valence-corrected chi connectivity index (χ0v) is 8.41. The molecule has 0 aromatic heterocycles. The maximum absolute atomic E-state index is 11.3. The van der Waals surface area contributed by atoms with Gasteiger partial charge in [-0.05, 0) is 24.3 Å². The molecular weight excluding hydrogens is 192 g/mol. The molecule has 15 heavy (non-hydrogen) atoms. The summed E-state index contributed by atoms with van der Waals surface area (Å²) in [6, 6.07) is 6.67. The van der Waals surface area contributed by atoms with Gasteiger partial charge >= 0.3 is 0 Å². The van der Waals surface area contributed by atoms with Crippen LogP contribution in [0.1, 0.15) is 10.4 Å². The van der Waals surface area contributed by atoms with Crippen LogP contribution < -0.4 is 10.6 Å². The Balaban J connectivity index is 2.87. The molecule has 2 amide bonds. The first-order valence-corrected chi connectivity index (χ1v) is 4.43. The van der Waals surface area contributed by atoms with E-state index in [1.165, 1.54) is 6.08 Å². The van der Waals surface area contributed by atoms with Gasteiger partial charge in [-0.3, -0.25) is 9.59 Å². The number of hydrogen-bond donors (Lipinski definition) is 2. The summed E-state index contributed by atoms with van der Waals surface area (Å²) in [5, 5.41) is 5.08. The Hall–Kier alpha value is -2.10. The van der Waals surface area contributed by atoms with Crippen LogP contribution in [0.15, 0.2) is 36.9 Å². The summed E-state index contributed by atoms with van der Waals surface area (Å²) in [6.07, 6.45) is 1.17. The first-order valence-electron chi connectivity index (χ1n) is 4.43. The third-order valence-electron chi connectivity index (χ3n) is 1.80. The van der Waals surface area contributed by atoms with E-state index in [1.807, 2.05) is 0 Å². The van der Waals surface area contributed by atoms with E-state index in [-0.39, 0.29) is 11.8 Å². The second-order valence-corrected chi connectivity index (χ2v) is 2.85. The van der Waals surface area contributed by atoms with Crippen LogP contribution in [-0.2, 0) is 4.79 Å². The SMILES string of the molecule is C=CC(=O)Nc1cccc(C(=O)NC)c1. The number of carbonyl (C=O) groups excluding carboxylic acids is 2. The molecule has 0 heterocycles. The van der Waals surface area contributed by atoms with E-state index in [4.69, 9.17) is 0 Å². The number of carbonyl (C=O) groups is 2. The van der Waals surface area contributed by atoms with E-state index < -0.39 is 0 Å². The van der Waals surface area contributed by atoms with Crippen LogP contribution in [0.2, 0.25) is 0 Å². The van der Waals surface area contributed by atoms with E-state index in [0.717, 1.165) is 0 Å². The minimum absolute atomic E-state index is 0.190. The minimum Gasteiger partial charge on any atom is -0.355 e. The van der Waals surface area contributed by atoms with Crippen LogP contribution in [-0.4, -0.2) is 18.9 Å². The lowest BCUT2D eigenvalue weighted by Gasteiger charge is -2.04.